The Morgan fingerprint density at radius 3 is 2.25 bits per heavy atom. The van der Waals surface area contributed by atoms with Gasteiger partial charge in [-0.2, -0.15) is 0 Å². The number of nitrogens with two attached hydrogens (primary N) is 1. The van der Waals surface area contributed by atoms with Crippen LogP contribution in [0.1, 0.15) is 25.0 Å². The van der Waals surface area contributed by atoms with Crippen LogP contribution in [-0.4, -0.2) is 50.9 Å². The zero-order valence-corrected chi connectivity index (χ0v) is 13.1. The van der Waals surface area contributed by atoms with Gasteiger partial charge in [-0.25, -0.2) is 8.42 Å². The van der Waals surface area contributed by atoms with Crippen molar-refractivity contribution in [2.45, 2.75) is 30.4 Å². The Bertz CT molecular complexity index is 512. The average molecular weight is 300 g/mol. The van der Waals surface area contributed by atoms with Gasteiger partial charge in [0.1, 0.15) is 0 Å². The number of sulfone groups is 1. The van der Waals surface area contributed by atoms with Crippen LogP contribution >= 0.6 is 0 Å². The van der Waals surface area contributed by atoms with E-state index in [2.05, 4.69) is 0 Å². The van der Waals surface area contributed by atoms with E-state index in [0.29, 0.717) is 12.0 Å². The summed E-state index contributed by atoms with van der Waals surface area (Å²) in [6, 6.07) is 5.93. The lowest BCUT2D eigenvalue weighted by atomic mass is 10.0. The molecule has 0 bridgehead atoms. The second-order valence-corrected chi connectivity index (χ2v) is 7.45. The maximum Gasteiger partial charge on any atom is 0.178 e. The first-order valence-electron chi connectivity index (χ1n) is 6.69. The van der Waals surface area contributed by atoms with Gasteiger partial charge in [0.25, 0.3) is 0 Å². The highest BCUT2D eigenvalue weighted by molar-refractivity contribution is 7.91. The average Bonchev–Trinajstić information content (AvgIpc) is 2.44. The summed E-state index contributed by atoms with van der Waals surface area (Å²) in [4.78, 5) is 2.28. The van der Waals surface area contributed by atoms with Crippen molar-refractivity contribution >= 4 is 9.84 Å². The Morgan fingerprint density at radius 2 is 1.80 bits per heavy atom. The van der Waals surface area contributed by atoms with Gasteiger partial charge in [0.05, 0.1) is 16.8 Å². The first-order valence-corrected chi connectivity index (χ1v) is 8.34. The van der Waals surface area contributed by atoms with Gasteiger partial charge >= 0.3 is 0 Å². The van der Waals surface area contributed by atoms with Gasteiger partial charge in [-0.3, -0.25) is 0 Å². The lowest BCUT2D eigenvalue weighted by Crippen LogP contribution is -2.32. The van der Waals surface area contributed by atoms with Crippen molar-refractivity contribution in [2.24, 2.45) is 5.73 Å². The van der Waals surface area contributed by atoms with Crippen molar-refractivity contribution < 1.29 is 13.5 Å². The third-order valence-corrected chi connectivity index (χ3v) is 5.03. The first kappa shape index (κ1) is 17.1. The molecule has 0 spiro atoms. The fourth-order valence-electron chi connectivity index (χ4n) is 1.85. The van der Waals surface area contributed by atoms with E-state index < -0.39 is 15.9 Å². The normalized spacial score (nSPS) is 15.3. The molecular weight excluding hydrogens is 276 g/mol. The second kappa shape index (κ2) is 7.17. The van der Waals surface area contributed by atoms with Crippen molar-refractivity contribution in [2.75, 3.05) is 26.4 Å². The number of nitrogens with zero attached hydrogens (tertiary/aromatic N) is 1. The summed E-state index contributed by atoms with van der Waals surface area (Å²) in [5.74, 6) is 0.0667. The van der Waals surface area contributed by atoms with E-state index in [0.717, 1.165) is 6.54 Å². The highest BCUT2D eigenvalue weighted by atomic mass is 32.2. The molecule has 1 aromatic carbocycles. The molecule has 0 amide bonds. The van der Waals surface area contributed by atoms with Crippen LogP contribution in [0.25, 0.3) is 0 Å². The van der Waals surface area contributed by atoms with Crippen LogP contribution in [-0.2, 0) is 9.84 Å². The molecule has 3 N–H and O–H groups in total. The number of hydrogen-bond acceptors (Lipinski definition) is 5. The zero-order chi connectivity index (χ0) is 15.3. The van der Waals surface area contributed by atoms with E-state index in [4.69, 9.17) is 5.73 Å². The molecule has 5 nitrogen and oxygen atoms in total. The third-order valence-electron chi connectivity index (χ3n) is 3.28. The van der Waals surface area contributed by atoms with Gasteiger partial charge in [-0.05, 0) is 44.8 Å². The summed E-state index contributed by atoms with van der Waals surface area (Å²) in [5.41, 5.74) is 6.60. The molecular formula is C14H24N2O3S. The summed E-state index contributed by atoms with van der Waals surface area (Å²) in [7, 11) is 0.694. The smallest absolute Gasteiger partial charge is 0.178 e. The molecule has 0 aromatic heterocycles. The minimum atomic E-state index is -3.20. The molecule has 0 radical (unpaired) electrons. The van der Waals surface area contributed by atoms with Gasteiger partial charge in [0, 0.05) is 6.04 Å². The summed E-state index contributed by atoms with van der Waals surface area (Å²) in [5, 5.41) is 10.2. The van der Waals surface area contributed by atoms with E-state index in [-0.39, 0.29) is 16.7 Å². The summed E-state index contributed by atoms with van der Waals surface area (Å²) in [6.45, 7) is 2.40. The number of hydrogen-bond donors (Lipinski definition) is 2. The number of benzene rings is 1. The van der Waals surface area contributed by atoms with Crippen LogP contribution in [0.3, 0.4) is 0 Å². The van der Waals surface area contributed by atoms with Crippen molar-refractivity contribution in [3.63, 3.8) is 0 Å². The topological polar surface area (TPSA) is 83.6 Å². The van der Waals surface area contributed by atoms with Crippen LogP contribution in [0.5, 0.6) is 0 Å². The SMILES string of the molecule is CCS(=O)(=O)c1ccc(C(O)C(N)CCN(C)C)cc1. The molecule has 0 aliphatic heterocycles. The quantitative estimate of drug-likeness (QED) is 0.778. The Hall–Kier alpha value is -0.950. The molecule has 0 saturated heterocycles. The van der Waals surface area contributed by atoms with E-state index in [9.17, 15) is 13.5 Å². The summed E-state index contributed by atoms with van der Waals surface area (Å²) < 4.78 is 23.4. The number of aliphatic hydroxyl groups is 1. The molecule has 0 aliphatic carbocycles. The molecule has 0 fully saturated rings. The highest BCUT2D eigenvalue weighted by Crippen LogP contribution is 2.20. The predicted octanol–water partition coefficient (Wildman–Crippen LogP) is 0.793. The van der Waals surface area contributed by atoms with Crippen molar-refractivity contribution in [1.29, 1.82) is 0 Å². The van der Waals surface area contributed by atoms with E-state index in [1.807, 2.05) is 19.0 Å². The molecule has 1 aromatic rings. The predicted molar refractivity (Wildman–Crippen MR) is 80.3 cm³/mol. The van der Waals surface area contributed by atoms with E-state index in [1.165, 1.54) is 12.1 Å². The molecule has 20 heavy (non-hydrogen) atoms. The molecule has 6 heteroatoms. The largest absolute Gasteiger partial charge is 0.387 e. The molecule has 114 valence electrons. The van der Waals surface area contributed by atoms with Gasteiger partial charge < -0.3 is 15.7 Å². The van der Waals surface area contributed by atoms with E-state index >= 15 is 0 Å². The van der Waals surface area contributed by atoms with Crippen LogP contribution in [0.4, 0.5) is 0 Å². The Labute approximate surface area is 121 Å². The van der Waals surface area contributed by atoms with Crippen molar-refractivity contribution in [3.8, 4) is 0 Å². The fraction of sp³-hybridized carbons (Fsp3) is 0.571. The van der Waals surface area contributed by atoms with Crippen molar-refractivity contribution in [3.05, 3.63) is 29.8 Å². The monoisotopic (exact) mass is 300 g/mol. The zero-order valence-electron chi connectivity index (χ0n) is 12.3. The highest BCUT2D eigenvalue weighted by Gasteiger charge is 2.18. The van der Waals surface area contributed by atoms with Gasteiger partial charge in [-0.15, -0.1) is 0 Å². The Kier molecular flexibility index (Phi) is 6.13. The standard InChI is InChI=1S/C14H24N2O3S/c1-4-20(18,19)12-7-5-11(6-8-12)14(17)13(15)9-10-16(2)3/h5-8,13-14,17H,4,9-10,15H2,1-3H3. The third kappa shape index (κ3) is 4.56. The van der Waals surface area contributed by atoms with Crippen LogP contribution < -0.4 is 5.73 Å². The lowest BCUT2D eigenvalue weighted by molar-refractivity contribution is 0.137. The molecule has 1 rings (SSSR count). The Balaban J connectivity index is 2.78. The minimum Gasteiger partial charge on any atom is -0.387 e. The van der Waals surface area contributed by atoms with Crippen LogP contribution in [0.2, 0.25) is 0 Å². The minimum absolute atomic E-state index is 0.0667. The maximum absolute atomic E-state index is 11.7. The van der Waals surface area contributed by atoms with Crippen LogP contribution in [0, 0.1) is 0 Å². The molecule has 0 heterocycles. The van der Waals surface area contributed by atoms with Crippen LogP contribution in [0.15, 0.2) is 29.2 Å². The number of aliphatic hydroxyl groups excluding tert-OH is 1. The van der Waals surface area contributed by atoms with E-state index in [1.54, 1.807) is 19.1 Å². The number of rotatable bonds is 7. The molecule has 2 unspecified atom stereocenters. The maximum atomic E-state index is 11.7. The lowest BCUT2D eigenvalue weighted by Gasteiger charge is -2.21. The first-order chi connectivity index (χ1) is 9.27. The Morgan fingerprint density at radius 1 is 1.25 bits per heavy atom. The summed E-state index contributed by atoms with van der Waals surface area (Å²) in [6.07, 6.45) is -0.114. The van der Waals surface area contributed by atoms with Gasteiger partial charge in [-0.1, -0.05) is 19.1 Å². The van der Waals surface area contributed by atoms with Crippen molar-refractivity contribution in [1.82, 2.24) is 4.90 Å². The van der Waals surface area contributed by atoms with Gasteiger partial charge in [0.2, 0.25) is 0 Å². The fourth-order valence-corrected chi connectivity index (χ4v) is 2.74. The second-order valence-electron chi connectivity index (χ2n) is 5.17. The summed E-state index contributed by atoms with van der Waals surface area (Å²) >= 11 is 0. The molecule has 0 aliphatic rings. The molecule has 0 saturated carbocycles. The van der Waals surface area contributed by atoms with Gasteiger partial charge in [0.15, 0.2) is 9.84 Å². The molecule has 2 atom stereocenters.